The van der Waals surface area contributed by atoms with Crippen molar-refractivity contribution < 1.29 is 8.42 Å². The van der Waals surface area contributed by atoms with Gasteiger partial charge in [-0.05, 0) is 19.8 Å². The Morgan fingerprint density at radius 2 is 1.93 bits per heavy atom. The van der Waals surface area contributed by atoms with Crippen LogP contribution in [0, 0.1) is 0 Å². The number of nitrogens with zero attached hydrogens (tertiary/aromatic N) is 1. The van der Waals surface area contributed by atoms with Gasteiger partial charge in [0.05, 0.1) is 16.3 Å². The first-order chi connectivity index (χ1) is 6.87. The van der Waals surface area contributed by atoms with Gasteiger partial charge in [-0.2, -0.15) is 4.31 Å². The van der Waals surface area contributed by atoms with E-state index in [1.165, 1.54) is 4.31 Å². The van der Waals surface area contributed by atoms with Crippen LogP contribution < -0.4 is 5.73 Å². The lowest BCUT2D eigenvalue weighted by molar-refractivity contribution is 0.441. The van der Waals surface area contributed by atoms with Crippen LogP contribution in [0.3, 0.4) is 0 Å². The highest BCUT2D eigenvalue weighted by atomic mass is 32.2. The molecule has 1 aliphatic rings. The van der Waals surface area contributed by atoms with E-state index < -0.39 is 16.1 Å². The molecule has 1 fully saturated rings. The molecule has 1 saturated carbocycles. The van der Waals surface area contributed by atoms with Crippen LogP contribution in [0.5, 0.6) is 0 Å². The Balaban J connectivity index is 2.80. The molecule has 15 heavy (non-hydrogen) atoms. The number of rotatable bonds is 4. The van der Waals surface area contributed by atoms with Gasteiger partial charge < -0.3 is 5.73 Å². The second kappa shape index (κ2) is 4.76. The Bertz CT molecular complexity index is 334. The predicted octanol–water partition coefficient (Wildman–Crippen LogP) is 0.865. The number of thiocarbonyl (C=S) groups is 1. The van der Waals surface area contributed by atoms with E-state index in [0.717, 1.165) is 25.7 Å². The van der Waals surface area contributed by atoms with Crippen LogP contribution in [0.25, 0.3) is 0 Å². The molecular formula is C9H18N2O2S2. The summed E-state index contributed by atoms with van der Waals surface area (Å²) in [7, 11) is -1.66. The Kier molecular flexibility index (Phi) is 4.08. The van der Waals surface area contributed by atoms with Crippen LogP contribution in [-0.4, -0.2) is 36.1 Å². The van der Waals surface area contributed by atoms with Crippen molar-refractivity contribution in [3.63, 3.8) is 0 Å². The molecule has 88 valence electrons. The molecule has 0 aliphatic heterocycles. The lowest BCUT2D eigenvalue weighted by Gasteiger charge is -2.26. The van der Waals surface area contributed by atoms with Crippen LogP contribution in [0.1, 0.15) is 32.6 Å². The van der Waals surface area contributed by atoms with Gasteiger partial charge >= 0.3 is 0 Å². The number of hydrogen-bond donors (Lipinski definition) is 1. The summed E-state index contributed by atoms with van der Waals surface area (Å²) in [5.74, 6) is 0. The van der Waals surface area contributed by atoms with E-state index in [4.69, 9.17) is 18.0 Å². The largest absolute Gasteiger partial charge is 0.392 e. The third kappa shape index (κ3) is 2.68. The summed E-state index contributed by atoms with van der Waals surface area (Å²) in [4.78, 5) is 0.221. The zero-order valence-corrected chi connectivity index (χ0v) is 10.8. The van der Waals surface area contributed by atoms with Gasteiger partial charge in [-0.15, -0.1) is 0 Å². The molecule has 0 saturated heterocycles. The molecular weight excluding hydrogens is 232 g/mol. The van der Waals surface area contributed by atoms with E-state index in [2.05, 4.69) is 0 Å². The lowest BCUT2D eigenvalue weighted by Crippen LogP contribution is -2.45. The highest BCUT2D eigenvalue weighted by Crippen LogP contribution is 2.27. The van der Waals surface area contributed by atoms with Crippen molar-refractivity contribution in [2.24, 2.45) is 5.73 Å². The van der Waals surface area contributed by atoms with Gasteiger partial charge in [0, 0.05) is 7.05 Å². The average molecular weight is 250 g/mol. The first kappa shape index (κ1) is 12.9. The van der Waals surface area contributed by atoms with Crippen LogP contribution in [-0.2, 0) is 10.0 Å². The second-order valence-electron chi connectivity index (χ2n) is 4.05. The molecule has 0 aromatic carbocycles. The molecule has 0 heterocycles. The minimum absolute atomic E-state index is 0.221. The van der Waals surface area contributed by atoms with Crippen molar-refractivity contribution in [1.29, 1.82) is 0 Å². The standard InChI is InChI=1S/C9H18N2O2S2/c1-7(9(10)14)11(2)15(12,13)8-5-3-4-6-8/h7-8H,3-6H2,1-2H3,(H2,10,14). The molecule has 0 aromatic heterocycles. The van der Waals surface area contributed by atoms with E-state index in [1.54, 1.807) is 14.0 Å². The molecule has 1 rings (SSSR count). The highest BCUT2D eigenvalue weighted by Gasteiger charge is 2.34. The van der Waals surface area contributed by atoms with Gasteiger partial charge in [0.1, 0.15) is 0 Å². The molecule has 1 aliphatic carbocycles. The summed E-state index contributed by atoms with van der Waals surface area (Å²) in [6.45, 7) is 1.72. The Morgan fingerprint density at radius 1 is 1.47 bits per heavy atom. The van der Waals surface area contributed by atoms with Crippen molar-refractivity contribution in [3.05, 3.63) is 0 Å². The van der Waals surface area contributed by atoms with Gasteiger partial charge in [0.15, 0.2) is 0 Å². The molecule has 1 unspecified atom stereocenters. The van der Waals surface area contributed by atoms with Crippen LogP contribution in [0.2, 0.25) is 0 Å². The zero-order valence-electron chi connectivity index (χ0n) is 9.14. The maximum absolute atomic E-state index is 12.1. The molecule has 0 aromatic rings. The summed E-state index contributed by atoms with van der Waals surface area (Å²) in [6, 6.07) is -0.398. The molecule has 1 atom stereocenters. The van der Waals surface area contributed by atoms with Gasteiger partial charge in [-0.25, -0.2) is 8.42 Å². The molecule has 0 spiro atoms. The maximum Gasteiger partial charge on any atom is 0.217 e. The predicted molar refractivity (Wildman–Crippen MR) is 65.2 cm³/mol. The number of sulfonamides is 1. The van der Waals surface area contributed by atoms with Crippen molar-refractivity contribution in [1.82, 2.24) is 4.31 Å². The molecule has 6 heteroatoms. The van der Waals surface area contributed by atoms with E-state index in [0.29, 0.717) is 0 Å². The quantitative estimate of drug-likeness (QED) is 0.752. The Morgan fingerprint density at radius 3 is 2.33 bits per heavy atom. The normalized spacial score (nSPS) is 20.7. The zero-order chi connectivity index (χ0) is 11.6. The summed E-state index contributed by atoms with van der Waals surface area (Å²) in [6.07, 6.45) is 3.52. The molecule has 2 N–H and O–H groups in total. The van der Waals surface area contributed by atoms with Crippen LogP contribution in [0.4, 0.5) is 0 Å². The molecule has 0 radical (unpaired) electrons. The summed E-state index contributed by atoms with van der Waals surface area (Å²) >= 11 is 4.81. The van der Waals surface area contributed by atoms with Crippen molar-refractivity contribution in [2.75, 3.05) is 7.05 Å². The smallest absolute Gasteiger partial charge is 0.217 e. The fourth-order valence-corrected chi connectivity index (χ4v) is 4.00. The SMILES string of the molecule is CC(C(N)=S)N(C)S(=O)(=O)C1CCCC1. The first-order valence-electron chi connectivity index (χ1n) is 5.13. The Hall–Kier alpha value is -0.200. The van der Waals surface area contributed by atoms with Crippen molar-refractivity contribution >= 4 is 27.2 Å². The van der Waals surface area contributed by atoms with Gasteiger partial charge in [-0.1, -0.05) is 25.1 Å². The minimum Gasteiger partial charge on any atom is -0.392 e. The average Bonchev–Trinajstić information content (AvgIpc) is 2.68. The lowest BCUT2D eigenvalue weighted by atomic mass is 10.3. The first-order valence-corrected chi connectivity index (χ1v) is 7.04. The summed E-state index contributed by atoms with van der Waals surface area (Å²) < 4.78 is 25.5. The summed E-state index contributed by atoms with van der Waals surface area (Å²) in [5, 5.41) is -0.237. The highest BCUT2D eigenvalue weighted by molar-refractivity contribution is 7.89. The van der Waals surface area contributed by atoms with Gasteiger partial charge in [0.25, 0.3) is 0 Å². The van der Waals surface area contributed by atoms with E-state index in [1.807, 2.05) is 0 Å². The number of nitrogens with two attached hydrogens (primary N) is 1. The van der Waals surface area contributed by atoms with Gasteiger partial charge in [0.2, 0.25) is 10.0 Å². The molecule has 0 amide bonds. The third-order valence-corrected chi connectivity index (χ3v) is 5.86. The second-order valence-corrected chi connectivity index (χ2v) is 6.79. The van der Waals surface area contributed by atoms with Crippen LogP contribution in [0.15, 0.2) is 0 Å². The van der Waals surface area contributed by atoms with E-state index >= 15 is 0 Å². The molecule has 4 nitrogen and oxygen atoms in total. The Labute approximate surface area is 96.9 Å². The van der Waals surface area contributed by atoms with Crippen LogP contribution >= 0.6 is 12.2 Å². The molecule has 0 bridgehead atoms. The van der Waals surface area contributed by atoms with E-state index in [-0.39, 0.29) is 10.2 Å². The summed E-state index contributed by atoms with van der Waals surface area (Å²) in [5.41, 5.74) is 5.46. The number of hydrogen-bond acceptors (Lipinski definition) is 3. The minimum atomic E-state index is -3.22. The number of likely N-dealkylation sites (N-methyl/N-ethyl adjacent to an activating group) is 1. The van der Waals surface area contributed by atoms with Crippen molar-refractivity contribution in [3.8, 4) is 0 Å². The van der Waals surface area contributed by atoms with Gasteiger partial charge in [-0.3, -0.25) is 0 Å². The van der Waals surface area contributed by atoms with E-state index in [9.17, 15) is 8.42 Å². The topological polar surface area (TPSA) is 63.4 Å². The maximum atomic E-state index is 12.1. The fourth-order valence-electron chi connectivity index (χ4n) is 1.82. The van der Waals surface area contributed by atoms with Crippen molar-refractivity contribution in [2.45, 2.75) is 43.9 Å². The third-order valence-electron chi connectivity index (χ3n) is 3.08. The monoisotopic (exact) mass is 250 g/mol. The fraction of sp³-hybridized carbons (Fsp3) is 0.889.